The summed E-state index contributed by atoms with van der Waals surface area (Å²) in [5.41, 5.74) is 16.9. The molecule has 0 bridgehead atoms. The second kappa shape index (κ2) is 31.4. The highest BCUT2D eigenvalue weighted by molar-refractivity contribution is 9.11. The second-order valence-electron chi connectivity index (χ2n) is 30.5. The molecular weight excluding hydrogens is 1550 g/mol. The number of halogens is 2. The Morgan fingerprint density at radius 2 is 0.426 bits per heavy atom. The minimum absolute atomic E-state index is 0.0591. The van der Waals surface area contributed by atoms with Crippen molar-refractivity contribution in [3.8, 4) is 148 Å². The van der Waals surface area contributed by atoms with E-state index in [4.69, 9.17) is 63.6 Å². The van der Waals surface area contributed by atoms with Crippen molar-refractivity contribution < 1.29 is 18.8 Å². The molecule has 1 saturated heterocycles. The van der Waals surface area contributed by atoms with Crippen LogP contribution in [0.15, 0.2) is 337 Å². The maximum Gasteiger partial charge on any atom is 0.494 e. The highest BCUT2D eigenvalue weighted by Crippen LogP contribution is 2.55. The number of hydrogen-bond donors (Lipinski definition) is 0. The first kappa shape index (κ1) is 75.1. The molecule has 13 nitrogen and oxygen atoms in total. The first-order valence-electron chi connectivity index (χ1n) is 38.3. The Morgan fingerprint density at radius 3 is 0.687 bits per heavy atom. The van der Waals surface area contributed by atoms with Crippen molar-refractivity contribution in [2.75, 3.05) is 0 Å². The molecule has 0 unspecified atom stereocenters. The predicted octanol–water partition coefficient (Wildman–Crippen LogP) is 24.6. The summed E-state index contributed by atoms with van der Waals surface area (Å²) in [7, 11) is -0.401. The van der Waals surface area contributed by atoms with Crippen LogP contribution in [0.25, 0.3) is 125 Å². The molecule has 6 heterocycles. The van der Waals surface area contributed by atoms with Gasteiger partial charge < -0.3 is 18.8 Å². The molecule has 16 aromatic rings. The summed E-state index contributed by atoms with van der Waals surface area (Å²) in [5, 5.41) is 0. The van der Waals surface area contributed by atoms with E-state index in [9.17, 15) is 0 Å². The zero-order valence-electron chi connectivity index (χ0n) is 64.7. The highest BCUT2D eigenvalue weighted by atomic mass is 79.9. The van der Waals surface area contributed by atoms with Crippen molar-refractivity contribution in [3.63, 3.8) is 0 Å². The summed E-state index contributed by atoms with van der Waals surface area (Å²) in [6, 6.07) is 110. The number of fused-ring (bicyclic) bond motifs is 4. The molecule has 13 aromatic carbocycles. The van der Waals surface area contributed by atoms with E-state index in [0.717, 1.165) is 121 Å². The fourth-order valence-corrected chi connectivity index (χ4v) is 15.5. The Bertz CT molecular complexity index is 5770. The van der Waals surface area contributed by atoms with Crippen LogP contribution in [0.4, 0.5) is 0 Å². The third-order valence-electron chi connectivity index (χ3n) is 21.8. The molecule has 1 fully saturated rings. The first-order valence-corrected chi connectivity index (χ1v) is 39.9. The number of ether oxygens (including phenoxy) is 2. The van der Waals surface area contributed by atoms with Gasteiger partial charge in [0.2, 0.25) is 0 Å². The lowest BCUT2D eigenvalue weighted by molar-refractivity contribution is 0.00578. The summed E-state index contributed by atoms with van der Waals surface area (Å²) in [4.78, 5) is 43.9. The summed E-state index contributed by atoms with van der Waals surface area (Å²) in [5.74, 6) is 9.20. The lowest BCUT2D eigenvalue weighted by Gasteiger charge is -2.36. The smallest absolute Gasteiger partial charge is 0.455 e. The molecule has 0 radical (unpaired) electrons. The fraction of sp³-hybridized carbons (Fsp3) is 0.121. The van der Waals surface area contributed by atoms with E-state index in [1.54, 1.807) is 0 Å². The summed E-state index contributed by atoms with van der Waals surface area (Å²) in [6.07, 6.45) is 0. The maximum atomic E-state index is 7.11. The summed E-state index contributed by atoms with van der Waals surface area (Å²) in [6.45, 7) is 17.2. The van der Waals surface area contributed by atoms with E-state index < -0.39 is 7.12 Å². The van der Waals surface area contributed by atoms with Gasteiger partial charge in [-0.05, 0) is 88.3 Å². The molecule has 0 N–H and O–H groups in total. The molecule has 0 saturated carbocycles. The third kappa shape index (κ3) is 15.3. The Hall–Kier alpha value is -12.6. The molecule has 115 heavy (non-hydrogen) atoms. The maximum absolute atomic E-state index is 7.11. The van der Waals surface area contributed by atoms with Crippen molar-refractivity contribution in [3.05, 3.63) is 359 Å². The fourth-order valence-electron chi connectivity index (χ4n) is 14.6. The Labute approximate surface area is 687 Å². The van der Waals surface area contributed by atoms with Gasteiger partial charge in [0.25, 0.3) is 0 Å². The van der Waals surface area contributed by atoms with Gasteiger partial charge >= 0.3 is 7.12 Å². The van der Waals surface area contributed by atoms with Gasteiger partial charge in [-0.1, -0.05) is 343 Å². The van der Waals surface area contributed by atoms with Crippen LogP contribution in [0.3, 0.4) is 0 Å². The molecule has 3 aliphatic rings. The van der Waals surface area contributed by atoms with Crippen LogP contribution >= 0.6 is 31.9 Å². The highest BCUT2D eigenvalue weighted by Gasteiger charge is 2.52. The lowest BCUT2D eigenvalue weighted by Crippen LogP contribution is -2.41. The minimum atomic E-state index is -0.401. The number of hydrogen-bond acceptors (Lipinski definition) is 13. The van der Waals surface area contributed by atoms with Crippen LogP contribution in [0.1, 0.15) is 77.6 Å². The van der Waals surface area contributed by atoms with E-state index in [-0.39, 0.29) is 22.0 Å². The van der Waals surface area contributed by atoms with Crippen molar-refractivity contribution in [2.45, 2.75) is 77.4 Å². The number of benzene rings is 13. The molecule has 0 aliphatic carbocycles. The van der Waals surface area contributed by atoms with Gasteiger partial charge in [-0.3, -0.25) is 0 Å². The molecule has 0 atom stereocenters. The average Bonchev–Trinajstić information content (AvgIpc) is 1.17. The molecule has 560 valence electrons. The zero-order chi connectivity index (χ0) is 79.0. The van der Waals surface area contributed by atoms with Gasteiger partial charge in [-0.2, -0.15) is 0 Å². The molecule has 3 aromatic heterocycles. The van der Waals surface area contributed by atoms with E-state index >= 15 is 0 Å². The molecule has 3 aliphatic heterocycles. The summed E-state index contributed by atoms with van der Waals surface area (Å²) < 4.78 is 27.5. The van der Waals surface area contributed by atoms with Crippen LogP contribution in [0, 0.1) is 0 Å². The topological polar surface area (TPSA) is 153 Å². The van der Waals surface area contributed by atoms with Crippen molar-refractivity contribution in [1.29, 1.82) is 0 Å². The van der Waals surface area contributed by atoms with E-state index in [0.29, 0.717) is 52.4 Å². The van der Waals surface area contributed by atoms with Gasteiger partial charge in [-0.15, -0.1) is 0 Å². The van der Waals surface area contributed by atoms with Crippen molar-refractivity contribution in [1.82, 2.24) is 44.9 Å². The number of rotatable bonds is 12. The van der Waals surface area contributed by atoms with Crippen LogP contribution in [0.2, 0.25) is 0 Å². The number of para-hydroxylation sites is 4. The third-order valence-corrected chi connectivity index (χ3v) is 23.0. The SMILES string of the molecule is CC1(C)OB(c2ccc(-c3nc(-c4ccccc4)nc(-c4ccccc4)n3)cc2)OC1(C)C.CC1(C)c2cccc(-c3ccc(-c4nc(-c5ccccc5)nc(-c5ccccc5)n4)cc3)c2Oc2c(-c3ccc(-c4nc(-c5ccccc5)nc(-c5ccccc5)n4)cc3)cccc21.CC1(C)c2cccc(Br)c2Oc2c(Br)cccc21. The molecule has 19 rings (SSSR count). The van der Waals surface area contributed by atoms with Crippen LogP contribution in [-0.4, -0.2) is 63.2 Å². The zero-order valence-corrected chi connectivity index (χ0v) is 67.8. The van der Waals surface area contributed by atoms with Crippen molar-refractivity contribution in [2.24, 2.45) is 0 Å². The second-order valence-corrected chi connectivity index (χ2v) is 32.2. The lowest BCUT2D eigenvalue weighted by atomic mass is 9.74. The van der Waals surface area contributed by atoms with E-state index in [2.05, 4.69) is 196 Å². The minimum Gasteiger partial charge on any atom is -0.455 e. The van der Waals surface area contributed by atoms with Gasteiger partial charge in [0.05, 0.1) is 20.1 Å². The normalized spacial score (nSPS) is 14.2. The largest absolute Gasteiger partial charge is 0.494 e. The van der Waals surface area contributed by atoms with Gasteiger partial charge in [0, 0.05) is 94.3 Å². The molecular formula is C99H78BBr2N9O4. The Balaban J connectivity index is 0.000000153. The van der Waals surface area contributed by atoms with Crippen LogP contribution in [-0.2, 0) is 20.1 Å². The number of aromatic nitrogens is 9. The Morgan fingerprint density at radius 1 is 0.217 bits per heavy atom. The first-order chi connectivity index (χ1) is 55.8. The standard InChI is InChI=1S/C57H40N6O.C27H26BN3O2.C15H12Br2O/c1-57(2)47-27-15-25-45(37-29-33-43(34-30-37)55-60-51(39-17-7-3-8-18-39)58-52(61-55)40-19-9-4-10-20-40)49(47)64-50-46(26-16-28-48(50)57)38-31-35-44(36-32-38)56-62-53(41-21-11-5-12-22-41)59-54(63-56)42-23-13-6-14-24-42;1-26(2)27(3,4)33-28(32-26)22-17-15-21(16-18-22)25-30-23(19-11-7-5-8-12-19)29-24(31-25)20-13-9-6-10-14-20;1-15(2)9-5-3-7-11(16)13(9)18-14-10(15)6-4-8-12(14)17/h3-36H,1-2H3;5-18H,1-4H3;3-8H,1-2H3. The van der Waals surface area contributed by atoms with Gasteiger partial charge in [0.15, 0.2) is 52.4 Å². The molecule has 0 amide bonds. The molecule has 0 spiro atoms. The van der Waals surface area contributed by atoms with Crippen LogP contribution in [0.5, 0.6) is 23.0 Å². The van der Waals surface area contributed by atoms with Gasteiger partial charge in [0.1, 0.15) is 23.0 Å². The Kier molecular flexibility index (Phi) is 20.5. The quantitative estimate of drug-likeness (QED) is 0.107. The van der Waals surface area contributed by atoms with E-state index in [1.165, 1.54) is 11.1 Å². The van der Waals surface area contributed by atoms with Crippen molar-refractivity contribution >= 4 is 44.4 Å². The predicted molar refractivity (Wildman–Crippen MR) is 468 cm³/mol. The summed E-state index contributed by atoms with van der Waals surface area (Å²) >= 11 is 7.14. The van der Waals surface area contributed by atoms with Gasteiger partial charge in [-0.25, -0.2) is 44.9 Å². The van der Waals surface area contributed by atoms with E-state index in [1.807, 2.05) is 218 Å². The average molecular weight is 1630 g/mol. The number of nitrogens with zero attached hydrogens (tertiary/aromatic N) is 9. The monoisotopic (exact) mass is 1630 g/mol. The molecule has 16 heteroatoms. The van der Waals surface area contributed by atoms with Crippen LogP contribution < -0.4 is 14.9 Å².